The number of nitrogens with one attached hydrogen (secondary N) is 1. The lowest BCUT2D eigenvalue weighted by Gasteiger charge is -2.26. The van der Waals surface area contributed by atoms with Gasteiger partial charge in [0.1, 0.15) is 0 Å². The monoisotopic (exact) mass is 194 g/mol. The van der Waals surface area contributed by atoms with Gasteiger partial charge < -0.3 is 11.1 Å². The first-order valence-electron chi connectivity index (χ1n) is 4.49. The molecule has 3 heteroatoms. The van der Waals surface area contributed by atoms with Gasteiger partial charge >= 0.3 is 0 Å². The van der Waals surface area contributed by atoms with Gasteiger partial charge in [0.15, 0.2) is 0 Å². The third kappa shape index (κ3) is 1.98. The number of benzene rings is 1. The highest BCUT2D eigenvalue weighted by Gasteiger charge is 2.17. The molecule has 0 aromatic heterocycles. The van der Waals surface area contributed by atoms with Crippen LogP contribution in [-0.2, 0) is 0 Å². The van der Waals surface area contributed by atoms with E-state index >= 15 is 0 Å². The van der Waals surface area contributed by atoms with Crippen molar-refractivity contribution in [3.05, 3.63) is 23.8 Å². The molecular formula is C10H14N2S. The van der Waals surface area contributed by atoms with Crippen LogP contribution in [0.5, 0.6) is 0 Å². The van der Waals surface area contributed by atoms with Crippen molar-refractivity contribution in [1.82, 2.24) is 5.32 Å². The summed E-state index contributed by atoms with van der Waals surface area (Å²) < 4.78 is 0. The zero-order valence-electron chi connectivity index (χ0n) is 7.71. The topological polar surface area (TPSA) is 38.0 Å². The normalized spacial score (nSPS) is 17.0. The molecule has 1 fully saturated rings. The predicted molar refractivity (Wildman–Crippen MR) is 58.1 cm³/mol. The van der Waals surface area contributed by atoms with Gasteiger partial charge in [-0.2, -0.15) is 0 Å². The second-order valence-electron chi connectivity index (χ2n) is 3.42. The van der Waals surface area contributed by atoms with E-state index in [0.29, 0.717) is 0 Å². The third-order valence-corrected chi connectivity index (χ3v) is 3.48. The number of hydrogen-bond acceptors (Lipinski definition) is 3. The average Bonchev–Trinajstić information content (AvgIpc) is 2.04. The van der Waals surface area contributed by atoms with E-state index in [1.54, 1.807) is 0 Å². The van der Waals surface area contributed by atoms with Crippen molar-refractivity contribution in [2.45, 2.75) is 17.1 Å². The van der Waals surface area contributed by atoms with E-state index in [-0.39, 0.29) is 0 Å². The van der Waals surface area contributed by atoms with E-state index in [1.807, 2.05) is 17.8 Å². The van der Waals surface area contributed by atoms with Gasteiger partial charge in [-0.15, -0.1) is 11.8 Å². The smallest absolute Gasteiger partial charge is 0.0344 e. The SMILES string of the molecule is Cc1cc(SC2CNC2)ccc1N. The van der Waals surface area contributed by atoms with Crippen LogP contribution in [0.25, 0.3) is 0 Å². The molecule has 0 amide bonds. The highest BCUT2D eigenvalue weighted by Crippen LogP contribution is 2.27. The molecule has 0 unspecified atom stereocenters. The maximum atomic E-state index is 5.74. The van der Waals surface area contributed by atoms with Crippen LogP contribution in [0.1, 0.15) is 5.56 Å². The molecule has 2 rings (SSSR count). The summed E-state index contributed by atoms with van der Waals surface area (Å²) in [4.78, 5) is 1.33. The fourth-order valence-electron chi connectivity index (χ4n) is 1.26. The molecule has 0 aliphatic carbocycles. The molecule has 1 aliphatic heterocycles. The van der Waals surface area contributed by atoms with Gasteiger partial charge in [0.25, 0.3) is 0 Å². The molecule has 13 heavy (non-hydrogen) atoms. The number of thioether (sulfide) groups is 1. The number of nitrogens with two attached hydrogens (primary N) is 1. The first kappa shape index (κ1) is 8.91. The minimum absolute atomic E-state index is 0.753. The summed E-state index contributed by atoms with van der Waals surface area (Å²) in [5.74, 6) is 0. The first-order chi connectivity index (χ1) is 6.25. The van der Waals surface area contributed by atoms with E-state index < -0.39 is 0 Å². The van der Waals surface area contributed by atoms with Crippen LogP contribution < -0.4 is 11.1 Å². The Bertz CT molecular complexity index is 308. The van der Waals surface area contributed by atoms with Crippen LogP contribution in [0.2, 0.25) is 0 Å². The van der Waals surface area contributed by atoms with Crippen LogP contribution in [0.15, 0.2) is 23.1 Å². The molecule has 1 aliphatic rings. The Morgan fingerprint density at radius 2 is 2.23 bits per heavy atom. The predicted octanol–water partition coefficient (Wildman–Crippen LogP) is 1.64. The van der Waals surface area contributed by atoms with Crippen molar-refractivity contribution in [2.75, 3.05) is 18.8 Å². The zero-order valence-corrected chi connectivity index (χ0v) is 8.53. The largest absolute Gasteiger partial charge is 0.399 e. The van der Waals surface area contributed by atoms with E-state index in [0.717, 1.165) is 24.0 Å². The fourth-order valence-corrected chi connectivity index (χ4v) is 2.44. The van der Waals surface area contributed by atoms with Gasteiger partial charge in [0.05, 0.1) is 0 Å². The Morgan fingerprint density at radius 1 is 1.46 bits per heavy atom. The zero-order chi connectivity index (χ0) is 9.26. The number of nitrogen functional groups attached to an aromatic ring is 1. The molecular weight excluding hydrogens is 180 g/mol. The summed E-state index contributed by atoms with van der Waals surface area (Å²) >= 11 is 1.94. The first-order valence-corrected chi connectivity index (χ1v) is 5.37. The van der Waals surface area contributed by atoms with E-state index in [2.05, 4.69) is 24.4 Å². The van der Waals surface area contributed by atoms with Gasteiger partial charge in [0, 0.05) is 28.9 Å². The Labute approximate surface area is 82.9 Å². The number of aryl methyl sites for hydroxylation is 1. The molecule has 0 atom stereocenters. The maximum Gasteiger partial charge on any atom is 0.0344 e. The van der Waals surface area contributed by atoms with Gasteiger partial charge in [-0.05, 0) is 30.7 Å². The summed E-state index contributed by atoms with van der Waals surface area (Å²) in [7, 11) is 0. The lowest BCUT2D eigenvalue weighted by molar-refractivity contribution is 0.544. The molecule has 3 N–H and O–H groups in total. The van der Waals surface area contributed by atoms with Crippen LogP contribution in [-0.4, -0.2) is 18.3 Å². The highest BCUT2D eigenvalue weighted by atomic mass is 32.2. The average molecular weight is 194 g/mol. The van der Waals surface area contributed by atoms with Crippen molar-refractivity contribution in [3.63, 3.8) is 0 Å². The minimum Gasteiger partial charge on any atom is -0.399 e. The van der Waals surface area contributed by atoms with Gasteiger partial charge in [-0.1, -0.05) is 0 Å². The van der Waals surface area contributed by atoms with Crippen LogP contribution >= 0.6 is 11.8 Å². The second kappa shape index (κ2) is 3.60. The molecule has 0 radical (unpaired) electrons. The maximum absolute atomic E-state index is 5.74. The van der Waals surface area contributed by atoms with Crippen molar-refractivity contribution >= 4 is 17.4 Å². The molecule has 1 heterocycles. The van der Waals surface area contributed by atoms with Crippen molar-refractivity contribution in [1.29, 1.82) is 0 Å². The molecule has 0 bridgehead atoms. The van der Waals surface area contributed by atoms with Crippen LogP contribution in [0, 0.1) is 6.92 Å². The van der Waals surface area contributed by atoms with Crippen LogP contribution in [0.3, 0.4) is 0 Å². The van der Waals surface area contributed by atoms with Crippen LogP contribution in [0.4, 0.5) is 5.69 Å². The quantitative estimate of drug-likeness (QED) is 0.703. The van der Waals surface area contributed by atoms with Crippen molar-refractivity contribution < 1.29 is 0 Å². The summed E-state index contributed by atoms with van der Waals surface area (Å²) in [6, 6.07) is 6.26. The van der Waals surface area contributed by atoms with Gasteiger partial charge in [-0.3, -0.25) is 0 Å². The molecule has 70 valence electrons. The molecule has 0 spiro atoms. The summed E-state index contributed by atoms with van der Waals surface area (Å²) in [5.41, 5.74) is 7.81. The lowest BCUT2D eigenvalue weighted by atomic mass is 10.2. The second-order valence-corrected chi connectivity index (χ2v) is 4.79. The molecule has 2 nitrogen and oxygen atoms in total. The lowest BCUT2D eigenvalue weighted by Crippen LogP contribution is -2.44. The molecule has 0 saturated carbocycles. The Hall–Kier alpha value is -0.670. The van der Waals surface area contributed by atoms with Crippen molar-refractivity contribution in [2.24, 2.45) is 0 Å². The molecule has 1 aromatic rings. The van der Waals surface area contributed by atoms with Gasteiger partial charge in [-0.25, -0.2) is 0 Å². The summed E-state index contributed by atoms with van der Waals surface area (Å²) in [6.45, 7) is 4.32. The van der Waals surface area contributed by atoms with Crippen molar-refractivity contribution in [3.8, 4) is 0 Å². The van der Waals surface area contributed by atoms with E-state index in [4.69, 9.17) is 5.73 Å². The van der Waals surface area contributed by atoms with E-state index in [9.17, 15) is 0 Å². The molecule has 1 aromatic carbocycles. The highest BCUT2D eigenvalue weighted by molar-refractivity contribution is 8.00. The number of rotatable bonds is 2. The summed E-state index contributed by atoms with van der Waals surface area (Å²) in [6.07, 6.45) is 0. The Morgan fingerprint density at radius 3 is 2.77 bits per heavy atom. The summed E-state index contributed by atoms with van der Waals surface area (Å²) in [5, 5.41) is 4.01. The number of anilines is 1. The van der Waals surface area contributed by atoms with E-state index in [1.165, 1.54) is 10.5 Å². The van der Waals surface area contributed by atoms with Gasteiger partial charge in [0.2, 0.25) is 0 Å². The fraction of sp³-hybridized carbons (Fsp3) is 0.400. The Balaban J connectivity index is 2.07. The molecule has 1 saturated heterocycles. The Kier molecular flexibility index (Phi) is 2.47. The minimum atomic E-state index is 0.753. The standard InChI is InChI=1S/C10H14N2S/c1-7-4-8(2-3-10(7)11)13-9-5-12-6-9/h2-4,9,12H,5-6,11H2,1H3. The third-order valence-electron chi connectivity index (χ3n) is 2.29. The number of hydrogen-bond donors (Lipinski definition) is 2.